The zero-order chi connectivity index (χ0) is 17.5. The second-order valence-electron chi connectivity index (χ2n) is 6.52. The monoisotopic (exact) mass is 435 g/mol. The number of benzene rings is 2. The molecule has 0 fully saturated rings. The minimum absolute atomic E-state index is 0.309. The average Bonchev–Trinajstić information content (AvgIpc) is 2.82. The summed E-state index contributed by atoms with van der Waals surface area (Å²) in [5.74, 6) is 0.309. The summed E-state index contributed by atoms with van der Waals surface area (Å²) in [5.41, 5.74) is 8.17. The van der Waals surface area contributed by atoms with Gasteiger partial charge in [0.25, 0.3) is 0 Å². The first kappa shape index (κ1) is 16.8. The van der Waals surface area contributed by atoms with E-state index in [0.29, 0.717) is 11.3 Å². The number of hydrogen-bond acceptors (Lipinski definition) is 4. The van der Waals surface area contributed by atoms with Crippen LogP contribution in [-0.2, 0) is 4.74 Å². The Bertz CT molecular complexity index is 926. The molecule has 0 unspecified atom stereocenters. The summed E-state index contributed by atoms with van der Waals surface area (Å²) in [4.78, 5) is 12.3. The maximum Gasteiger partial charge on any atom is 0.435 e. The zero-order valence-corrected chi connectivity index (χ0v) is 15.9. The highest BCUT2D eigenvalue weighted by atomic mass is 127. The number of rotatable bonds is 1. The fraction of sp³-hybridized carbons (Fsp3) is 0.222. The molecule has 3 aromatic rings. The molecule has 6 heteroatoms. The quantitative estimate of drug-likeness (QED) is 0.564. The van der Waals surface area contributed by atoms with Gasteiger partial charge < -0.3 is 10.5 Å². The summed E-state index contributed by atoms with van der Waals surface area (Å²) < 4.78 is 7.75. The van der Waals surface area contributed by atoms with Crippen LogP contribution in [0.15, 0.2) is 42.5 Å². The van der Waals surface area contributed by atoms with Gasteiger partial charge in [0.15, 0.2) is 5.82 Å². The van der Waals surface area contributed by atoms with Gasteiger partial charge in [-0.2, -0.15) is 4.68 Å². The van der Waals surface area contributed by atoms with Crippen LogP contribution in [0.1, 0.15) is 20.8 Å². The summed E-state index contributed by atoms with van der Waals surface area (Å²) in [6.07, 6.45) is -0.536. The van der Waals surface area contributed by atoms with Crippen molar-refractivity contribution in [2.75, 3.05) is 5.73 Å². The van der Waals surface area contributed by atoms with Crippen LogP contribution in [0.4, 0.5) is 10.6 Å². The van der Waals surface area contributed by atoms with E-state index in [9.17, 15) is 4.79 Å². The van der Waals surface area contributed by atoms with Crippen LogP contribution >= 0.6 is 22.6 Å². The van der Waals surface area contributed by atoms with E-state index in [-0.39, 0.29) is 0 Å². The minimum Gasteiger partial charge on any atom is -0.442 e. The van der Waals surface area contributed by atoms with E-state index in [2.05, 4.69) is 33.8 Å². The molecule has 0 amide bonds. The van der Waals surface area contributed by atoms with E-state index in [1.165, 1.54) is 4.68 Å². The first-order valence-electron chi connectivity index (χ1n) is 7.52. The van der Waals surface area contributed by atoms with Gasteiger partial charge in [-0.1, -0.05) is 18.2 Å². The Morgan fingerprint density at radius 3 is 2.54 bits per heavy atom. The highest BCUT2D eigenvalue weighted by Gasteiger charge is 2.21. The van der Waals surface area contributed by atoms with Crippen LogP contribution in [0.25, 0.3) is 22.0 Å². The molecule has 2 aromatic carbocycles. The Kier molecular flexibility index (Phi) is 4.25. The number of carbonyl (C=O) groups is 1. The maximum absolute atomic E-state index is 12.3. The molecule has 3 rings (SSSR count). The number of fused-ring (bicyclic) bond motifs is 1. The van der Waals surface area contributed by atoms with E-state index >= 15 is 0 Å². The largest absolute Gasteiger partial charge is 0.442 e. The molecule has 0 saturated carbocycles. The van der Waals surface area contributed by atoms with Gasteiger partial charge in [0, 0.05) is 8.96 Å². The molecule has 0 aliphatic carbocycles. The summed E-state index contributed by atoms with van der Waals surface area (Å²) >= 11 is 2.28. The number of ether oxygens (including phenoxy) is 1. The van der Waals surface area contributed by atoms with Crippen molar-refractivity contribution >= 4 is 45.4 Å². The van der Waals surface area contributed by atoms with Gasteiger partial charge in [-0.15, -0.1) is 5.10 Å². The van der Waals surface area contributed by atoms with Gasteiger partial charge in [0.2, 0.25) is 0 Å². The summed E-state index contributed by atoms with van der Waals surface area (Å²) in [7, 11) is 0. The molecule has 2 N–H and O–H groups in total. The van der Waals surface area contributed by atoms with Crippen LogP contribution in [-0.4, -0.2) is 21.5 Å². The molecule has 5 nitrogen and oxygen atoms in total. The van der Waals surface area contributed by atoms with E-state index in [0.717, 1.165) is 20.1 Å². The first-order chi connectivity index (χ1) is 11.2. The van der Waals surface area contributed by atoms with Crippen molar-refractivity contribution in [3.63, 3.8) is 0 Å². The highest BCUT2D eigenvalue weighted by Crippen LogP contribution is 2.29. The predicted molar refractivity (Wildman–Crippen MR) is 104 cm³/mol. The molecule has 0 aliphatic rings. The Morgan fingerprint density at radius 2 is 1.88 bits per heavy atom. The van der Waals surface area contributed by atoms with E-state index in [1.807, 2.05) is 57.2 Å². The molecule has 1 aromatic heterocycles. The van der Waals surface area contributed by atoms with Crippen LogP contribution in [0.5, 0.6) is 0 Å². The highest BCUT2D eigenvalue weighted by molar-refractivity contribution is 14.1. The van der Waals surface area contributed by atoms with Crippen molar-refractivity contribution in [1.82, 2.24) is 9.78 Å². The maximum atomic E-state index is 12.3. The lowest BCUT2D eigenvalue weighted by molar-refractivity contribution is 0.0523. The van der Waals surface area contributed by atoms with Crippen molar-refractivity contribution in [3.8, 4) is 11.1 Å². The molecule has 0 radical (unpaired) electrons. The number of carbonyl (C=O) groups excluding carboxylic acids is 1. The molecule has 1 heterocycles. The predicted octanol–water partition coefficient (Wildman–Crippen LogP) is 4.67. The standard InChI is InChI=1S/C18H18IN3O2/c1-18(2,3)24-17(23)22-15-8-7-12(10-14(15)16(20)21-22)11-5-4-6-13(19)9-11/h4-10H,1-3H3,(H2,20,21). The first-order valence-corrected chi connectivity index (χ1v) is 8.60. The molecule has 0 saturated heterocycles. The third kappa shape index (κ3) is 3.38. The lowest BCUT2D eigenvalue weighted by Crippen LogP contribution is -2.27. The van der Waals surface area contributed by atoms with Crippen molar-refractivity contribution in [2.24, 2.45) is 0 Å². The van der Waals surface area contributed by atoms with Gasteiger partial charge in [-0.05, 0) is 78.8 Å². The van der Waals surface area contributed by atoms with Gasteiger partial charge in [0.1, 0.15) is 5.60 Å². The second-order valence-corrected chi connectivity index (χ2v) is 7.77. The Balaban J connectivity index is 2.06. The van der Waals surface area contributed by atoms with Gasteiger partial charge in [-0.25, -0.2) is 4.79 Å². The number of nitrogen functional groups attached to an aromatic ring is 1. The second kappa shape index (κ2) is 6.08. The van der Waals surface area contributed by atoms with Gasteiger partial charge >= 0.3 is 6.09 Å². The Labute approximate surface area is 153 Å². The third-order valence-electron chi connectivity index (χ3n) is 3.43. The topological polar surface area (TPSA) is 70.1 Å². The third-order valence-corrected chi connectivity index (χ3v) is 4.10. The SMILES string of the molecule is CC(C)(C)OC(=O)n1nc(N)c2cc(-c3cccc(I)c3)ccc21. The van der Waals surface area contributed by atoms with Crippen molar-refractivity contribution in [1.29, 1.82) is 0 Å². The van der Waals surface area contributed by atoms with E-state index in [4.69, 9.17) is 10.5 Å². The summed E-state index contributed by atoms with van der Waals surface area (Å²) in [6.45, 7) is 5.44. The lowest BCUT2D eigenvalue weighted by atomic mass is 10.0. The van der Waals surface area contributed by atoms with Crippen molar-refractivity contribution in [3.05, 3.63) is 46.0 Å². The molecular formula is C18H18IN3O2. The van der Waals surface area contributed by atoms with Crippen molar-refractivity contribution < 1.29 is 9.53 Å². The molecule has 0 atom stereocenters. The van der Waals surface area contributed by atoms with Crippen LogP contribution in [0.2, 0.25) is 0 Å². The average molecular weight is 435 g/mol. The number of aromatic nitrogens is 2. The van der Waals surface area contributed by atoms with Crippen LogP contribution in [0.3, 0.4) is 0 Å². The normalized spacial score (nSPS) is 11.7. The van der Waals surface area contributed by atoms with Gasteiger partial charge in [0.05, 0.1) is 5.52 Å². The number of nitrogens with two attached hydrogens (primary N) is 1. The number of anilines is 1. The van der Waals surface area contributed by atoms with Crippen molar-refractivity contribution in [2.45, 2.75) is 26.4 Å². The van der Waals surface area contributed by atoms with Gasteiger partial charge in [-0.3, -0.25) is 0 Å². The lowest BCUT2D eigenvalue weighted by Gasteiger charge is -2.19. The Hall–Kier alpha value is -2.09. The van der Waals surface area contributed by atoms with Crippen LogP contribution < -0.4 is 5.73 Å². The Morgan fingerprint density at radius 1 is 1.17 bits per heavy atom. The smallest absolute Gasteiger partial charge is 0.435 e. The molecule has 24 heavy (non-hydrogen) atoms. The number of hydrogen-bond donors (Lipinski definition) is 1. The molecular weight excluding hydrogens is 417 g/mol. The number of nitrogens with zero attached hydrogens (tertiary/aromatic N) is 2. The van der Waals surface area contributed by atoms with E-state index in [1.54, 1.807) is 0 Å². The summed E-state index contributed by atoms with van der Waals surface area (Å²) in [6, 6.07) is 13.9. The fourth-order valence-corrected chi connectivity index (χ4v) is 2.98. The fourth-order valence-electron chi connectivity index (χ4n) is 2.43. The van der Waals surface area contributed by atoms with E-state index < -0.39 is 11.7 Å². The number of halogens is 1. The zero-order valence-electron chi connectivity index (χ0n) is 13.7. The van der Waals surface area contributed by atoms with Crippen LogP contribution in [0, 0.1) is 3.57 Å². The molecule has 0 bridgehead atoms. The molecule has 0 spiro atoms. The molecule has 124 valence electrons. The summed E-state index contributed by atoms with van der Waals surface area (Å²) in [5, 5.41) is 4.88. The molecule has 0 aliphatic heterocycles. The minimum atomic E-state index is -0.592.